The molecule has 1 aromatic heterocycles. The molecule has 130 valence electrons. The molecule has 1 atom stereocenters. The molecular formula is C16H21Cl2N5O. The van der Waals surface area contributed by atoms with E-state index in [1.807, 2.05) is 36.9 Å². The molecule has 2 heterocycles. The highest BCUT2D eigenvalue weighted by Crippen LogP contribution is 2.21. The second-order valence-corrected chi connectivity index (χ2v) is 6.03. The van der Waals surface area contributed by atoms with Crippen LogP contribution in [0.5, 0.6) is 0 Å². The molecule has 1 aromatic carbocycles. The van der Waals surface area contributed by atoms with Crippen molar-refractivity contribution in [3.63, 3.8) is 0 Å². The van der Waals surface area contributed by atoms with Crippen molar-refractivity contribution in [3.05, 3.63) is 40.9 Å². The van der Waals surface area contributed by atoms with E-state index in [-0.39, 0.29) is 30.2 Å². The Morgan fingerprint density at radius 1 is 1.42 bits per heavy atom. The quantitative estimate of drug-likeness (QED) is 0.901. The van der Waals surface area contributed by atoms with Crippen molar-refractivity contribution in [3.8, 4) is 5.69 Å². The van der Waals surface area contributed by atoms with Crippen LogP contribution < -0.4 is 5.32 Å². The van der Waals surface area contributed by atoms with Gasteiger partial charge in [-0.25, -0.2) is 9.67 Å². The van der Waals surface area contributed by atoms with Gasteiger partial charge in [-0.1, -0.05) is 30.7 Å². The Hall–Kier alpha value is -1.63. The van der Waals surface area contributed by atoms with Gasteiger partial charge in [-0.05, 0) is 19.1 Å². The van der Waals surface area contributed by atoms with Crippen LogP contribution in [0.1, 0.15) is 30.3 Å². The average Bonchev–Trinajstić information content (AvgIpc) is 2.99. The Morgan fingerprint density at radius 3 is 2.83 bits per heavy atom. The summed E-state index contributed by atoms with van der Waals surface area (Å²) in [5.74, 6) is 0.833. The van der Waals surface area contributed by atoms with Crippen LogP contribution in [0.25, 0.3) is 5.69 Å². The molecule has 0 radical (unpaired) electrons. The molecule has 0 aliphatic carbocycles. The molecule has 24 heavy (non-hydrogen) atoms. The number of para-hydroxylation sites is 1. The number of hydrogen-bond donors (Lipinski definition) is 1. The Bertz CT molecular complexity index is 718. The largest absolute Gasteiger partial charge is 0.331 e. The molecule has 3 rings (SSSR count). The van der Waals surface area contributed by atoms with Gasteiger partial charge in [0, 0.05) is 32.1 Å². The van der Waals surface area contributed by atoms with Gasteiger partial charge in [0.05, 0.1) is 10.7 Å². The molecule has 0 spiro atoms. The first-order valence-electron chi connectivity index (χ1n) is 7.84. The van der Waals surface area contributed by atoms with Crippen LogP contribution in [-0.4, -0.2) is 51.2 Å². The number of benzene rings is 1. The summed E-state index contributed by atoms with van der Waals surface area (Å²) in [7, 11) is 0. The van der Waals surface area contributed by atoms with E-state index < -0.39 is 0 Å². The zero-order valence-electron chi connectivity index (χ0n) is 13.7. The first-order chi connectivity index (χ1) is 11.1. The van der Waals surface area contributed by atoms with Crippen LogP contribution in [0.4, 0.5) is 0 Å². The number of aromatic nitrogens is 3. The monoisotopic (exact) mass is 369 g/mol. The Balaban J connectivity index is 0.00000208. The van der Waals surface area contributed by atoms with Gasteiger partial charge < -0.3 is 10.2 Å². The maximum absolute atomic E-state index is 12.7. The summed E-state index contributed by atoms with van der Waals surface area (Å²) >= 11 is 6.26. The van der Waals surface area contributed by atoms with Gasteiger partial charge in [-0.3, -0.25) is 4.79 Å². The Kier molecular flexibility index (Phi) is 6.21. The third-order valence-electron chi connectivity index (χ3n) is 4.02. The lowest BCUT2D eigenvalue weighted by Gasteiger charge is -2.33. The highest BCUT2D eigenvalue weighted by Gasteiger charge is 2.28. The summed E-state index contributed by atoms with van der Waals surface area (Å²) in [6.07, 6.45) is 0.669. The summed E-state index contributed by atoms with van der Waals surface area (Å²) in [6.45, 7) is 6.26. The smallest absolute Gasteiger partial charge is 0.293 e. The van der Waals surface area contributed by atoms with E-state index >= 15 is 0 Å². The van der Waals surface area contributed by atoms with Gasteiger partial charge in [-0.2, -0.15) is 0 Å². The summed E-state index contributed by atoms with van der Waals surface area (Å²) in [5, 5.41) is 8.29. The molecule has 1 fully saturated rings. The number of carbonyl (C=O) groups excluding carboxylic acids is 1. The number of nitrogens with zero attached hydrogens (tertiary/aromatic N) is 4. The highest BCUT2D eigenvalue weighted by atomic mass is 35.5. The molecule has 0 unspecified atom stereocenters. The molecule has 1 aliphatic heterocycles. The molecule has 1 saturated heterocycles. The van der Waals surface area contributed by atoms with E-state index in [1.54, 1.807) is 10.7 Å². The average molecular weight is 370 g/mol. The number of rotatable bonds is 3. The van der Waals surface area contributed by atoms with Crippen molar-refractivity contribution >= 4 is 29.9 Å². The van der Waals surface area contributed by atoms with Crippen molar-refractivity contribution in [2.75, 3.05) is 19.6 Å². The van der Waals surface area contributed by atoms with Crippen LogP contribution >= 0.6 is 24.0 Å². The highest BCUT2D eigenvalue weighted by molar-refractivity contribution is 6.32. The van der Waals surface area contributed by atoms with Gasteiger partial charge in [0.2, 0.25) is 5.82 Å². The number of halogens is 2. The fraction of sp³-hybridized carbons (Fsp3) is 0.438. The predicted molar refractivity (Wildman–Crippen MR) is 96.4 cm³/mol. The fourth-order valence-electron chi connectivity index (χ4n) is 2.75. The van der Waals surface area contributed by atoms with E-state index in [2.05, 4.69) is 15.4 Å². The van der Waals surface area contributed by atoms with Crippen molar-refractivity contribution in [1.29, 1.82) is 0 Å². The second kappa shape index (κ2) is 7.96. The van der Waals surface area contributed by atoms with Crippen molar-refractivity contribution < 1.29 is 4.79 Å². The Labute approximate surface area is 152 Å². The lowest BCUT2D eigenvalue weighted by Crippen LogP contribution is -2.52. The van der Waals surface area contributed by atoms with E-state index in [0.29, 0.717) is 18.0 Å². The van der Waals surface area contributed by atoms with Gasteiger partial charge in [0.25, 0.3) is 5.91 Å². The number of carbonyl (C=O) groups is 1. The summed E-state index contributed by atoms with van der Waals surface area (Å²) < 4.78 is 1.67. The SMILES string of the molecule is CCc1nc(C(=O)N2CCNC[C@H]2C)nn1-c1ccccc1Cl.Cl. The van der Waals surface area contributed by atoms with Crippen LogP contribution in [0.15, 0.2) is 24.3 Å². The molecule has 2 aromatic rings. The molecule has 0 saturated carbocycles. The standard InChI is InChI=1S/C16H20ClN5O.ClH/c1-3-14-19-15(16(23)21-9-8-18-10-11(21)2)20-22(14)13-7-5-4-6-12(13)17;/h4-7,11,18H,3,8-10H2,1-2H3;1H/t11-;/m1./s1. The van der Waals surface area contributed by atoms with E-state index in [1.165, 1.54) is 0 Å². The molecule has 0 bridgehead atoms. The van der Waals surface area contributed by atoms with E-state index in [9.17, 15) is 4.79 Å². The van der Waals surface area contributed by atoms with Crippen LogP contribution in [-0.2, 0) is 6.42 Å². The number of piperazine rings is 1. The normalized spacial score (nSPS) is 17.5. The number of nitrogens with one attached hydrogen (secondary N) is 1. The minimum Gasteiger partial charge on any atom is -0.331 e. The molecular weight excluding hydrogens is 349 g/mol. The van der Waals surface area contributed by atoms with Gasteiger partial charge in [-0.15, -0.1) is 17.5 Å². The summed E-state index contributed by atoms with van der Waals surface area (Å²) in [6, 6.07) is 7.56. The van der Waals surface area contributed by atoms with E-state index in [0.717, 1.165) is 24.6 Å². The first-order valence-corrected chi connectivity index (χ1v) is 8.22. The molecule has 1 N–H and O–H groups in total. The van der Waals surface area contributed by atoms with Crippen molar-refractivity contribution in [1.82, 2.24) is 25.0 Å². The van der Waals surface area contributed by atoms with Gasteiger partial charge in [0.1, 0.15) is 5.82 Å². The van der Waals surface area contributed by atoms with Crippen molar-refractivity contribution in [2.24, 2.45) is 0 Å². The third kappa shape index (κ3) is 3.55. The lowest BCUT2D eigenvalue weighted by atomic mass is 10.2. The number of amides is 1. The van der Waals surface area contributed by atoms with Crippen LogP contribution in [0.2, 0.25) is 5.02 Å². The topological polar surface area (TPSA) is 63.1 Å². The zero-order valence-corrected chi connectivity index (χ0v) is 15.3. The minimum atomic E-state index is -0.125. The van der Waals surface area contributed by atoms with Crippen molar-refractivity contribution in [2.45, 2.75) is 26.3 Å². The predicted octanol–water partition coefficient (Wildman–Crippen LogP) is 2.34. The maximum Gasteiger partial charge on any atom is 0.293 e. The molecule has 1 aliphatic rings. The summed E-state index contributed by atoms with van der Waals surface area (Å²) in [5.41, 5.74) is 0.742. The second-order valence-electron chi connectivity index (χ2n) is 5.62. The number of aryl methyl sites for hydroxylation is 1. The number of hydrogen-bond acceptors (Lipinski definition) is 4. The summed E-state index contributed by atoms with van der Waals surface area (Å²) in [4.78, 5) is 19.0. The molecule has 8 heteroatoms. The van der Waals surface area contributed by atoms with Crippen LogP contribution in [0.3, 0.4) is 0 Å². The van der Waals surface area contributed by atoms with Gasteiger partial charge >= 0.3 is 0 Å². The van der Waals surface area contributed by atoms with Crippen LogP contribution in [0, 0.1) is 0 Å². The zero-order chi connectivity index (χ0) is 16.4. The fourth-order valence-corrected chi connectivity index (χ4v) is 2.97. The Morgan fingerprint density at radius 2 is 2.17 bits per heavy atom. The van der Waals surface area contributed by atoms with E-state index in [4.69, 9.17) is 11.6 Å². The lowest BCUT2D eigenvalue weighted by molar-refractivity contribution is 0.0643. The molecule has 6 nitrogen and oxygen atoms in total. The third-order valence-corrected chi connectivity index (χ3v) is 4.34. The minimum absolute atomic E-state index is 0. The first kappa shape index (κ1) is 18.7. The molecule has 1 amide bonds. The maximum atomic E-state index is 12.7. The van der Waals surface area contributed by atoms with Gasteiger partial charge in [0.15, 0.2) is 0 Å².